The van der Waals surface area contributed by atoms with Crippen molar-refractivity contribution in [2.75, 3.05) is 11.5 Å². The van der Waals surface area contributed by atoms with Crippen LogP contribution in [0.5, 0.6) is 0 Å². The molecular formula is C21H18N2O3. The van der Waals surface area contributed by atoms with Crippen LogP contribution in [-0.4, -0.2) is 24.5 Å². The molecule has 5 nitrogen and oxygen atoms in total. The van der Waals surface area contributed by atoms with Crippen LogP contribution in [0.1, 0.15) is 22.8 Å². The Morgan fingerprint density at radius 2 is 1.85 bits per heavy atom. The summed E-state index contributed by atoms with van der Waals surface area (Å²) in [6.45, 7) is 1.86. The zero-order valence-electron chi connectivity index (χ0n) is 14.3. The van der Waals surface area contributed by atoms with Crippen LogP contribution in [0.25, 0.3) is 6.08 Å². The Hall–Kier alpha value is -3.39. The number of anilines is 1. The molecule has 2 aromatic rings. The van der Waals surface area contributed by atoms with Gasteiger partial charge in [-0.25, -0.2) is 0 Å². The largest absolute Gasteiger partial charge is 0.465 e. The van der Waals surface area contributed by atoms with Crippen molar-refractivity contribution in [3.8, 4) is 6.07 Å². The van der Waals surface area contributed by atoms with Crippen molar-refractivity contribution in [2.45, 2.75) is 13.0 Å². The molecule has 26 heavy (non-hydrogen) atoms. The van der Waals surface area contributed by atoms with Crippen LogP contribution in [0.2, 0.25) is 0 Å². The fraction of sp³-hybridized carbons (Fsp3) is 0.190. The minimum atomic E-state index is -1.10. The third-order valence-corrected chi connectivity index (χ3v) is 4.23. The van der Waals surface area contributed by atoms with Gasteiger partial charge in [0, 0.05) is 5.56 Å². The van der Waals surface area contributed by atoms with Gasteiger partial charge in [-0.1, -0.05) is 48.6 Å². The molecule has 0 aromatic heterocycles. The monoisotopic (exact) mass is 346 g/mol. The molecule has 1 heterocycles. The molecule has 1 aliphatic heterocycles. The van der Waals surface area contributed by atoms with Crippen molar-refractivity contribution in [3.63, 3.8) is 0 Å². The zero-order chi connectivity index (χ0) is 18.5. The standard InChI is InChI=1S/C21H18N2O3/c1-2-26-21(25)17(14-22)19-13-12-15-8-6-7-11-18(15)23(19)20(24)16-9-4-3-5-10-16/h3-13,17,19H,2H2,1H3/t17-,19+/m1/s1. The number of fused-ring (bicyclic) bond motifs is 1. The summed E-state index contributed by atoms with van der Waals surface area (Å²) in [5.74, 6) is -2.00. The summed E-state index contributed by atoms with van der Waals surface area (Å²) in [6.07, 6.45) is 3.55. The normalized spacial score (nSPS) is 16.3. The molecule has 3 rings (SSSR count). The molecule has 2 aromatic carbocycles. The van der Waals surface area contributed by atoms with Gasteiger partial charge in [-0.2, -0.15) is 5.26 Å². The topological polar surface area (TPSA) is 70.4 Å². The molecule has 1 amide bonds. The Balaban J connectivity index is 2.07. The Morgan fingerprint density at radius 3 is 2.54 bits per heavy atom. The molecule has 0 saturated heterocycles. The molecule has 1 aliphatic rings. The molecule has 0 bridgehead atoms. The molecule has 130 valence electrons. The van der Waals surface area contributed by atoms with Crippen LogP contribution in [0.4, 0.5) is 5.69 Å². The van der Waals surface area contributed by atoms with Crippen LogP contribution >= 0.6 is 0 Å². The number of rotatable bonds is 4. The first-order valence-electron chi connectivity index (χ1n) is 8.39. The number of ether oxygens (including phenoxy) is 1. The van der Waals surface area contributed by atoms with Gasteiger partial charge in [0.25, 0.3) is 5.91 Å². The van der Waals surface area contributed by atoms with E-state index in [1.165, 1.54) is 4.90 Å². The molecule has 2 atom stereocenters. The zero-order valence-corrected chi connectivity index (χ0v) is 14.3. The van der Waals surface area contributed by atoms with Crippen molar-refractivity contribution in [3.05, 3.63) is 71.8 Å². The summed E-state index contributed by atoms with van der Waals surface area (Å²) in [5.41, 5.74) is 2.01. The fourth-order valence-electron chi connectivity index (χ4n) is 3.02. The van der Waals surface area contributed by atoms with E-state index in [9.17, 15) is 14.9 Å². The maximum Gasteiger partial charge on any atom is 0.325 e. The summed E-state index contributed by atoms with van der Waals surface area (Å²) in [4.78, 5) is 27.0. The second kappa shape index (κ2) is 7.66. The number of hydrogen-bond acceptors (Lipinski definition) is 4. The molecular weight excluding hydrogens is 328 g/mol. The highest BCUT2D eigenvalue weighted by molar-refractivity contribution is 6.09. The molecule has 0 fully saturated rings. The third kappa shape index (κ3) is 3.22. The Morgan fingerprint density at radius 1 is 1.15 bits per heavy atom. The van der Waals surface area contributed by atoms with E-state index in [0.29, 0.717) is 11.3 Å². The number of nitrogens with zero attached hydrogens (tertiary/aromatic N) is 2. The third-order valence-electron chi connectivity index (χ3n) is 4.23. The summed E-state index contributed by atoms with van der Waals surface area (Å²) in [7, 11) is 0. The number of carbonyl (C=O) groups excluding carboxylic acids is 2. The van der Waals surface area contributed by atoms with Gasteiger partial charge in [-0.05, 0) is 30.7 Å². The van der Waals surface area contributed by atoms with Crippen molar-refractivity contribution < 1.29 is 14.3 Å². The lowest BCUT2D eigenvalue weighted by Crippen LogP contribution is -2.47. The first kappa shape index (κ1) is 17.4. The van der Waals surface area contributed by atoms with E-state index >= 15 is 0 Å². The minimum absolute atomic E-state index is 0.177. The second-order valence-corrected chi connectivity index (χ2v) is 5.81. The average molecular weight is 346 g/mol. The van der Waals surface area contributed by atoms with E-state index < -0.39 is 17.9 Å². The molecule has 0 aliphatic carbocycles. The van der Waals surface area contributed by atoms with E-state index in [0.717, 1.165) is 5.56 Å². The summed E-state index contributed by atoms with van der Waals surface area (Å²) >= 11 is 0. The SMILES string of the molecule is CCOC(=O)[C@H](C#N)[C@@H]1C=Cc2ccccc2N1C(=O)c1ccccc1. The van der Waals surface area contributed by atoms with Crippen LogP contribution < -0.4 is 4.90 Å². The van der Waals surface area contributed by atoms with E-state index in [2.05, 4.69) is 0 Å². The smallest absolute Gasteiger partial charge is 0.325 e. The molecule has 0 radical (unpaired) electrons. The number of para-hydroxylation sites is 1. The maximum absolute atomic E-state index is 13.2. The number of esters is 1. The van der Waals surface area contributed by atoms with Crippen molar-refractivity contribution >= 4 is 23.6 Å². The van der Waals surface area contributed by atoms with Gasteiger partial charge in [-0.3, -0.25) is 14.5 Å². The Labute approximate surface area is 152 Å². The van der Waals surface area contributed by atoms with Gasteiger partial charge in [-0.15, -0.1) is 0 Å². The lowest BCUT2D eigenvalue weighted by Gasteiger charge is -2.35. The number of hydrogen-bond donors (Lipinski definition) is 0. The summed E-state index contributed by atoms with van der Waals surface area (Å²) in [5, 5.41) is 9.57. The number of nitriles is 1. The van der Waals surface area contributed by atoms with Crippen molar-refractivity contribution in [1.29, 1.82) is 5.26 Å². The molecule has 0 N–H and O–H groups in total. The van der Waals surface area contributed by atoms with Crippen LogP contribution in [0, 0.1) is 17.2 Å². The van der Waals surface area contributed by atoms with E-state index in [1.54, 1.807) is 37.3 Å². The molecule has 0 spiro atoms. The van der Waals surface area contributed by atoms with Gasteiger partial charge in [0.05, 0.1) is 24.4 Å². The lowest BCUT2D eigenvalue weighted by molar-refractivity contribution is -0.146. The fourth-order valence-corrected chi connectivity index (χ4v) is 3.02. The minimum Gasteiger partial charge on any atom is -0.465 e. The van der Waals surface area contributed by atoms with Crippen molar-refractivity contribution in [1.82, 2.24) is 0 Å². The average Bonchev–Trinajstić information content (AvgIpc) is 2.68. The van der Waals surface area contributed by atoms with Crippen LogP contribution in [-0.2, 0) is 9.53 Å². The van der Waals surface area contributed by atoms with Gasteiger partial charge in [0.15, 0.2) is 5.92 Å². The maximum atomic E-state index is 13.2. The highest BCUT2D eigenvalue weighted by Crippen LogP contribution is 2.33. The quantitative estimate of drug-likeness (QED) is 0.795. The van der Waals surface area contributed by atoms with E-state index in [4.69, 9.17) is 4.74 Å². The predicted molar refractivity (Wildman–Crippen MR) is 98.3 cm³/mol. The Bertz CT molecular complexity index is 884. The summed E-state index contributed by atoms with van der Waals surface area (Å²) in [6, 6.07) is 17.5. The van der Waals surface area contributed by atoms with Gasteiger partial charge < -0.3 is 4.74 Å². The van der Waals surface area contributed by atoms with E-state index in [1.807, 2.05) is 42.5 Å². The van der Waals surface area contributed by atoms with Gasteiger partial charge in [0.1, 0.15) is 0 Å². The molecule has 0 saturated carbocycles. The molecule has 5 heteroatoms. The summed E-state index contributed by atoms with van der Waals surface area (Å²) < 4.78 is 5.04. The van der Waals surface area contributed by atoms with Crippen molar-refractivity contribution in [2.24, 2.45) is 5.92 Å². The van der Waals surface area contributed by atoms with Gasteiger partial charge >= 0.3 is 5.97 Å². The lowest BCUT2D eigenvalue weighted by atomic mass is 9.92. The molecule has 0 unspecified atom stereocenters. The highest BCUT2D eigenvalue weighted by atomic mass is 16.5. The van der Waals surface area contributed by atoms with Crippen LogP contribution in [0.15, 0.2) is 60.7 Å². The number of benzene rings is 2. The highest BCUT2D eigenvalue weighted by Gasteiger charge is 2.38. The second-order valence-electron chi connectivity index (χ2n) is 5.81. The number of carbonyl (C=O) groups is 2. The van der Waals surface area contributed by atoms with E-state index in [-0.39, 0.29) is 12.5 Å². The van der Waals surface area contributed by atoms with Crippen LogP contribution in [0.3, 0.4) is 0 Å². The first-order valence-corrected chi connectivity index (χ1v) is 8.39. The Kier molecular flexibility index (Phi) is 5.14. The predicted octanol–water partition coefficient (Wildman–Crippen LogP) is 3.43. The first-order chi connectivity index (χ1) is 12.7. The number of amides is 1. The van der Waals surface area contributed by atoms with Gasteiger partial charge in [0.2, 0.25) is 0 Å².